The van der Waals surface area contributed by atoms with Gasteiger partial charge < -0.3 is 0 Å². The number of nitrogens with zero attached hydrogens (tertiary/aromatic N) is 1. The average molecular weight is 369 g/mol. The van der Waals surface area contributed by atoms with Crippen molar-refractivity contribution < 1.29 is 14.0 Å². The highest BCUT2D eigenvalue weighted by molar-refractivity contribution is 6.23. The van der Waals surface area contributed by atoms with Crippen molar-refractivity contribution in [1.82, 2.24) is 0 Å². The predicted octanol–water partition coefficient (Wildman–Crippen LogP) is 4.22. The van der Waals surface area contributed by atoms with Gasteiger partial charge in [-0.05, 0) is 40.5 Å². The maximum absolute atomic E-state index is 13.8. The number of hydrogen-bond donors (Lipinski definition) is 0. The molecule has 1 fully saturated rings. The van der Waals surface area contributed by atoms with Gasteiger partial charge in [0.2, 0.25) is 11.8 Å². The van der Waals surface area contributed by atoms with Crippen LogP contribution in [0.4, 0.5) is 10.1 Å². The van der Waals surface area contributed by atoms with Crippen LogP contribution >= 0.6 is 0 Å². The van der Waals surface area contributed by atoms with Crippen molar-refractivity contribution in [3.63, 3.8) is 0 Å². The van der Waals surface area contributed by atoms with E-state index in [1.807, 2.05) is 24.3 Å². The van der Waals surface area contributed by atoms with Crippen molar-refractivity contribution in [3.8, 4) is 0 Å². The van der Waals surface area contributed by atoms with Crippen LogP contribution in [0.25, 0.3) is 0 Å². The molecule has 2 atom stereocenters. The molecule has 2 bridgehead atoms. The Bertz CT molecular complexity index is 1060. The minimum atomic E-state index is -0.456. The van der Waals surface area contributed by atoms with Crippen molar-refractivity contribution in [1.29, 1.82) is 0 Å². The Kier molecular flexibility index (Phi) is 3.03. The first-order chi connectivity index (χ1) is 13.7. The summed E-state index contributed by atoms with van der Waals surface area (Å²) in [5, 5.41) is 0. The van der Waals surface area contributed by atoms with Crippen molar-refractivity contribution in [2.75, 3.05) is 4.90 Å². The van der Waals surface area contributed by atoms with Crippen LogP contribution in [0.5, 0.6) is 0 Å². The predicted molar refractivity (Wildman–Crippen MR) is 102 cm³/mol. The van der Waals surface area contributed by atoms with Crippen LogP contribution in [0.2, 0.25) is 0 Å². The summed E-state index contributed by atoms with van der Waals surface area (Å²) in [7, 11) is 0. The summed E-state index contributed by atoms with van der Waals surface area (Å²) in [4.78, 5) is 28.1. The molecule has 1 aliphatic heterocycles. The highest BCUT2D eigenvalue weighted by atomic mass is 19.1. The molecule has 0 saturated carbocycles. The molecule has 3 aromatic rings. The van der Waals surface area contributed by atoms with Gasteiger partial charge in [-0.1, -0.05) is 54.6 Å². The Labute approximate surface area is 161 Å². The molecular formula is C24H16FNO2. The summed E-state index contributed by atoms with van der Waals surface area (Å²) in [5.74, 6) is -2.06. The van der Waals surface area contributed by atoms with Gasteiger partial charge in [-0.3, -0.25) is 9.59 Å². The first-order valence-electron chi connectivity index (χ1n) is 9.48. The van der Waals surface area contributed by atoms with Crippen LogP contribution < -0.4 is 4.90 Å². The van der Waals surface area contributed by atoms with Gasteiger partial charge >= 0.3 is 0 Å². The van der Waals surface area contributed by atoms with Gasteiger partial charge in [0.1, 0.15) is 5.82 Å². The van der Waals surface area contributed by atoms with Crippen LogP contribution in [0.3, 0.4) is 0 Å². The number of benzene rings is 3. The first kappa shape index (κ1) is 15.8. The van der Waals surface area contributed by atoms with Crippen molar-refractivity contribution in [3.05, 3.63) is 101 Å². The van der Waals surface area contributed by atoms with E-state index in [1.165, 1.54) is 23.1 Å². The van der Waals surface area contributed by atoms with Gasteiger partial charge in [-0.15, -0.1) is 0 Å². The summed E-state index contributed by atoms with van der Waals surface area (Å²) in [5.41, 5.74) is 4.85. The molecule has 3 aliphatic carbocycles. The molecule has 136 valence electrons. The minimum Gasteiger partial charge on any atom is -0.274 e. The van der Waals surface area contributed by atoms with Crippen LogP contribution in [-0.2, 0) is 9.59 Å². The maximum Gasteiger partial charge on any atom is 0.238 e. The number of hydrogen-bond acceptors (Lipinski definition) is 2. The van der Waals surface area contributed by atoms with E-state index in [-0.39, 0.29) is 23.7 Å². The highest BCUT2D eigenvalue weighted by Gasteiger charge is 2.61. The summed E-state index contributed by atoms with van der Waals surface area (Å²) < 4.78 is 13.8. The lowest BCUT2D eigenvalue weighted by Crippen LogP contribution is -2.41. The molecule has 0 unspecified atom stereocenters. The van der Waals surface area contributed by atoms with Gasteiger partial charge in [0.25, 0.3) is 0 Å². The highest BCUT2D eigenvalue weighted by Crippen LogP contribution is 2.61. The molecule has 3 aromatic carbocycles. The molecule has 28 heavy (non-hydrogen) atoms. The first-order valence-corrected chi connectivity index (χ1v) is 9.48. The topological polar surface area (TPSA) is 37.4 Å². The molecule has 7 rings (SSSR count). The molecule has 4 aliphatic rings. The Morgan fingerprint density at radius 1 is 0.643 bits per heavy atom. The molecule has 0 N–H and O–H groups in total. The van der Waals surface area contributed by atoms with Gasteiger partial charge in [-0.2, -0.15) is 0 Å². The number of halogens is 1. The Morgan fingerprint density at radius 2 is 1.11 bits per heavy atom. The maximum atomic E-state index is 13.8. The van der Waals surface area contributed by atoms with E-state index in [0.29, 0.717) is 5.69 Å². The van der Waals surface area contributed by atoms with E-state index >= 15 is 0 Å². The standard InChI is InChI=1S/C24H16FNO2/c25-13-6-5-7-14(12-13)26-23(27)21-19-15-8-1-2-9-16(15)20(22(21)24(26)28)18-11-4-3-10-17(18)19/h1-12,19-22H/t19?,20?,21-,22-/m1/s1. The number of rotatable bonds is 1. The zero-order valence-corrected chi connectivity index (χ0v) is 14.9. The monoisotopic (exact) mass is 369 g/mol. The second kappa shape index (κ2) is 5.38. The number of imide groups is 1. The van der Waals surface area contributed by atoms with E-state index in [4.69, 9.17) is 0 Å². The lowest BCUT2D eigenvalue weighted by atomic mass is 9.55. The molecule has 2 amide bonds. The van der Waals surface area contributed by atoms with E-state index in [2.05, 4.69) is 24.3 Å². The summed E-state index contributed by atoms with van der Waals surface area (Å²) >= 11 is 0. The summed E-state index contributed by atoms with van der Waals surface area (Å²) in [6, 6.07) is 22.0. The van der Waals surface area contributed by atoms with E-state index < -0.39 is 17.7 Å². The van der Waals surface area contributed by atoms with Gasteiger partial charge in [-0.25, -0.2) is 9.29 Å². The lowest BCUT2D eigenvalue weighted by molar-refractivity contribution is -0.122. The molecule has 4 heteroatoms. The van der Waals surface area contributed by atoms with E-state index in [0.717, 1.165) is 22.3 Å². The largest absolute Gasteiger partial charge is 0.274 e. The van der Waals surface area contributed by atoms with Gasteiger partial charge in [0.15, 0.2) is 0 Å². The molecule has 1 heterocycles. The number of anilines is 1. The normalized spacial score (nSPS) is 26.8. The SMILES string of the molecule is O=C1[C@@H]2C3c4ccccc4C(c4ccccc43)[C@H]2C(=O)N1c1cccc(F)c1. The molecule has 1 saturated heterocycles. The average Bonchev–Trinajstić information content (AvgIpc) is 2.99. The van der Waals surface area contributed by atoms with E-state index in [1.54, 1.807) is 6.07 Å². The third-order valence-electron chi connectivity index (χ3n) is 6.51. The van der Waals surface area contributed by atoms with Crippen LogP contribution in [0.1, 0.15) is 34.1 Å². The van der Waals surface area contributed by atoms with Crippen molar-refractivity contribution in [2.24, 2.45) is 11.8 Å². The zero-order valence-electron chi connectivity index (χ0n) is 14.9. The third kappa shape index (κ3) is 1.82. The van der Waals surface area contributed by atoms with E-state index in [9.17, 15) is 14.0 Å². The van der Waals surface area contributed by atoms with Crippen LogP contribution in [-0.4, -0.2) is 11.8 Å². The Balaban J connectivity index is 1.58. The summed E-state index contributed by atoms with van der Waals surface area (Å²) in [6.45, 7) is 0. The fraction of sp³-hybridized carbons (Fsp3) is 0.167. The number of carbonyl (C=O) groups excluding carboxylic acids is 2. The molecule has 3 nitrogen and oxygen atoms in total. The fourth-order valence-corrected chi connectivity index (χ4v) is 5.55. The smallest absolute Gasteiger partial charge is 0.238 e. The number of carbonyl (C=O) groups is 2. The lowest BCUT2D eigenvalue weighted by Gasteiger charge is -2.45. The second-order valence-electron chi connectivity index (χ2n) is 7.76. The molecular weight excluding hydrogens is 353 g/mol. The zero-order chi connectivity index (χ0) is 19.0. The van der Waals surface area contributed by atoms with Crippen molar-refractivity contribution in [2.45, 2.75) is 11.8 Å². The second-order valence-corrected chi connectivity index (χ2v) is 7.76. The fourth-order valence-electron chi connectivity index (χ4n) is 5.55. The quantitative estimate of drug-likeness (QED) is 0.602. The Hall–Kier alpha value is -3.27. The van der Waals surface area contributed by atoms with Crippen LogP contribution in [0.15, 0.2) is 72.8 Å². The Morgan fingerprint density at radius 3 is 1.54 bits per heavy atom. The van der Waals surface area contributed by atoms with Gasteiger partial charge in [0.05, 0.1) is 17.5 Å². The van der Waals surface area contributed by atoms with Crippen LogP contribution in [0, 0.1) is 17.7 Å². The third-order valence-corrected chi connectivity index (χ3v) is 6.51. The molecule has 0 aromatic heterocycles. The number of amides is 2. The molecule has 0 radical (unpaired) electrons. The minimum absolute atomic E-state index is 0.141. The molecule has 0 spiro atoms. The van der Waals surface area contributed by atoms with Gasteiger partial charge in [0, 0.05) is 11.8 Å². The summed E-state index contributed by atoms with van der Waals surface area (Å²) in [6.07, 6.45) is 0. The van der Waals surface area contributed by atoms with Crippen molar-refractivity contribution >= 4 is 17.5 Å².